The largest absolute Gasteiger partial charge is 0.486 e. The van der Waals surface area contributed by atoms with Crippen LogP contribution >= 0.6 is 0 Å². The number of rotatable bonds is 3. The first-order valence-corrected chi connectivity index (χ1v) is 6.32. The van der Waals surface area contributed by atoms with Crippen LogP contribution in [-0.2, 0) is 6.61 Å². The van der Waals surface area contributed by atoms with Gasteiger partial charge < -0.3 is 9.72 Å². The molecular weight excluding hydrogens is 248 g/mol. The van der Waals surface area contributed by atoms with E-state index < -0.39 is 0 Å². The number of ether oxygens (including phenoxy) is 1. The van der Waals surface area contributed by atoms with Crippen LogP contribution in [0.15, 0.2) is 54.6 Å². The fourth-order valence-corrected chi connectivity index (χ4v) is 1.74. The number of hydrogen-bond donors (Lipinski definition) is 1. The number of nitrogens with zero attached hydrogens (tertiary/aromatic N) is 1. The number of H-pyrrole nitrogens is 1. The van der Waals surface area contributed by atoms with Gasteiger partial charge in [0.05, 0.1) is 11.0 Å². The highest BCUT2D eigenvalue weighted by molar-refractivity contribution is 5.74. The van der Waals surface area contributed by atoms with Gasteiger partial charge in [0.15, 0.2) is 0 Å². The first-order chi connectivity index (χ1) is 9.83. The van der Waals surface area contributed by atoms with Crippen LogP contribution in [0, 0.1) is 12.3 Å². The Kier molecular flexibility index (Phi) is 4.80. The lowest BCUT2D eigenvalue weighted by atomic mass is 10.3. The van der Waals surface area contributed by atoms with E-state index in [1.807, 2.05) is 54.6 Å². The van der Waals surface area contributed by atoms with Gasteiger partial charge in [0.1, 0.15) is 18.2 Å². The molecule has 2 aromatic carbocycles. The van der Waals surface area contributed by atoms with E-state index in [2.05, 4.69) is 22.3 Å². The Bertz CT molecular complexity index is 663. The number of terminal acetylenes is 1. The summed E-state index contributed by atoms with van der Waals surface area (Å²) >= 11 is 0. The zero-order valence-electron chi connectivity index (χ0n) is 11.3. The van der Waals surface area contributed by atoms with Crippen molar-refractivity contribution in [2.24, 2.45) is 0 Å². The molecule has 0 atom stereocenters. The van der Waals surface area contributed by atoms with E-state index in [9.17, 15) is 0 Å². The van der Waals surface area contributed by atoms with Gasteiger partial charge in [-0.25, -0.2) is 4.98 Å². The van der Waals surface area contributed by atoms with E-state index in [0.717, 1.165) is 22.6 Å². The second kappa shape index (κ2) is 7.01. The Balaban J connectivity index is 0.000000452. The van der Waals surface area contributed by atoms with E-state index in [1.165, 1.54) is 0 Å². The minimum Gasteiger partial charge on any atom is -0.486 e. The maximum Gasteiger partial charge on any atom is 0.146 e. The lowest BCUT2D eigenvalue weighted by Crippen LogP contribution is -1.96. The van der Waals surface area contributed by atoms with Gasteiger partial charge in [0.25, 0.3) is 0 Å². The predicted molar refractivity (Wildman–Crippen MR) is 81.4 cm³/mol. The summed E-state index contributed by atoms with van der Waals surface area (Å²) in [5, 5.41) is 0. The SMILES string of the molecule is C#CC.c1ccc(OCc2nc3ccccc3[nH]2)cc1. The number of fused-ring (bicyclic) bond motifs is 1. The Labute approximate surface area is 118 Å². The molecular formula is C17H16N2O. The second-order valence-electron chi connectivity index (χ2n) is 4.09. The molecule has 1 N–H and O–H groups in total. The summed E-state index contributed by atoms with van der Waals surface area (Å²) in [6.45, 7) is 2.11. The lowest BCUT2D eigenvalue weighted by molar-refractivity contribution is 0.297. The van der Waals surface area contributed by atoms with Gasteiger partial charge >= 0.3 is 0 Å². The van der Waals surface area contributed by atoms with Crippen molar-refractivity contribution in [2.75, 3.05) is 0 Å². The average molecular weight is 264 g/mol. The highest BCUT2D eigenvalue weighted by atomic mass is 16.5. The molecule has 0 amide bonds. The maximum absolute atomic E-state index is 5.63. The lowest BCUT2D eigenvalue weighted by Gasteiger charge is -2.02. The van der Waals surface area contributed by atoms with Crippen molar-refractivity contribution in [2.45, 2.75) is 13.5 Å². The first kappa shape index (κ1) is 13.7. The molecule has 0 unspecified atom stereocenters. The monoisotopic (exact) mass is 264 g/mol. The summed E-state index contributed by atoms with van der Waals surface area (Å²) in [5.74, 6) is 3.95. The molecule has 0 aliphatic carbocycles. The van der Waals surface area contributed by atoms with Crippen LogP contribution in [0.2, 0.25) is 0 Å². The number of hydrogen-bond acceptors (Lipinski definition) is 2. The van der Waals surface area contributed by atoms with Gasteiger partial charge in [-0.3, -0.25) is 0 Å². The van der Waals surface area contributed by atoms with E-state index in [4.69, 9.17) is 4.74 Å². The molecule has 0 spiro atoms. The normalized spacial score (nSPS) is 9.40. The third-order valence-corrected chi connectivity index (χ3v) is 2.56. The highest BCUT2D eigenvalue weighted by Crippen LogP contribution is 2.13. The van der Waals surface area contributed by atoms with Gasteiger partial charge in [0, 0.05) is 0 Å². The summed E-state index contributed by atoms with van der Waals surface area (Å²) in [4.78, 5) is 7.68. The molecule has 0 fully saturated rings. The number of aromatic nitrogens is 2. The van der Waals surface area contributed by atoms with Gasteiger partial charge in [-0.15, -0.1) is 12.3 Å². The Morgan fingerprint density at radius 2 is 1.75 bits per heavy atom. The van der Waals surface area contributed by atoms with Crippen molar-refractivity contribution in [3.05, 3.63) is 60.4 Å². The molecule has 0 bridgehead atoms. The van der Waals surface area contributed by atoms with Crippen molar-refractivity contribution >= 4 is 11.0 Å². The molecule has 3 rings (SSSR count). The topological polar surface area (TPSA) is 37.9 Å². The first-order valence-electron chi connectivity index (χ1n) is 6.32. The summed E-state index contributed by atoms with van der Waals surface area (Å²) in [6.07, 6.45) is 4.60. The van der Waals surface area contributed by atoms with Crippen molar-refractivity contribution in [3.8, 4) is 18.1 Å². The van der Waals surface area contributed by atoms with Gasteiger partial charge in [-0.2, -0.15) is 0 Å². The van der Waals surface area contributed by atoms with Gasteiger partial charge in [-0.05, 0) is 31.2 Å². The van der Waals surface area contributed by atoms with Crippen molar-refractivity contribution in [3.63, 3.8) is 0 Å². The molecule has 3 aromatic rings. The Hall–Kier alpha value is -2.73. The molecule has 100 valence electrons. The maximum atomic E-state index is 5.63. The molecule has 1 heterocycles. The van der Waals surface area contributed by atoms with E-state index >= 15 is 0 Å². The Morgan fingerprint density at radius 3 is 2.45 bits per heavy atom. The molecule has 0 saturated heterocycles. The molecule has 0 aliphatic rings. The van der Waals surface area contributed by atoms with Crippen LogP contribution in [0.4, 0.5) is 0 Å². The minimum absolute atomic E-state index is 0.457. The van der Waals surface area contributed by atoms with Crippen LogP contribution in [0.3, 0.4) is 0 Å². The summed E-state index contributed by atoms with van der Waals surface area (Å²) in [6, 6.07) is 17.7. The Morgan fingerprint density at radius 1 is 1.10 bits per heavy atom. The van der Waals surface area contributed by atoms with Crippen molar-refractivity contribution in [1.29, 1.82) is 0 Å². The summed E-state index contributed by atoms with van der Waals surface area (Å²) < 4.78 is 5.63. The number of nitrogens with one attached hydrogen (secondary N) is 1. The molecule has 3 nitrogen and oxygen atoms in total. The smallest absolute Gasteiger partial charge is 0.146 e. The fraction of sp³-hybridized carbons (Fsp3) is 0.118. The second-order valence-corrected chi connectivity index (χ2v) is 4.09. The quantitative estimate of drug-likeness (QED) is 0.731. The predicted octanol–water partition coefficient (Wildman–Crippen LogP) is 3.78. The number of aromatic amines is 1. The summed E-state index contributed by atoms with van der Waals surface area (Å²) in [5.41, 5.74) is 2.01. The van der Waals surface area contributed by atoms with Gasteiger partial charge in [-0.1, -0.05) is 30.3 Å². The van der Waals surface area contributed by atoms with Crippen LogP contribution in [0.1, 0.15) is 12.7 Å². The van der Waals surface area contributed by atoms with Crippen LogP contribution in [0.25, 0.3) is 11.0 Å². The summed E-state index contributed by atoms with van der Waals surface area (Å²) in [7, 11) is 0. The van der Waals surface area contributed by atoms with Gasteiger partial charge in [0.2, 0.25) is 0 Å². The standard InChI is InChI=1S/C14H12N2O.C3H4/c1-2-6-11(7-3-1)17-10-14-15-12-8-4-5-9-13(12)16-14;1-3-2/h1-9H,10H2,(H,15,16);1H,2H3. The molecule has 3 heteroatoms. The van der Waals surface area contributed by atoms with Crippen molar-refractivity contribution < 1.29 is 4.74 Å². The highest BCUT2D eigenvalue weighted by Gasteiger charge is 2.02. The number of para-hydroxylation sites is 3. The molecule has 0 saturated carbocycles. The zero-order valence-corrected chi connectivity index (χ0v) is 11.3. The molecule has 20 heavy (non-hydrogen) atoms. The number of imidazole rings is 1. The van der Waals surface area contributed by atoms with Crippen LogP contribution in [0.5, 0.6) is 5.75 Å². The molecule has 0 radical (unpaired) electrons. The fourth-order valence-electron chi connectivity index (χ4n) is 1.74. The molecule has 1 aromatic heterocycles. The van der Waals surface area contributed by atoms with Crippen molar-refractivity contribution in [1.82, 2.24) is 9.97 Å². The zero-order chi connectivity index (χ0) is 14.2. The van der Waals surface area contributed by atoms with E-state index in [0.29, 0.717) is 6.61 Å². The van der Waals surface area contributed by atoms with E-state index in [1.54, 1.807) is 6.92 Å². The minimum atomic E-state index is 0.457. The number of benzene rings is 2. The van der Waals surface area contributed by atoms with Crippen LogP contribution in [-0.4, -0.2) is 9.97 Å². The third-order valence-electron chi connectivity index (χ3n) is 2.56. The third kappa shape index (κ3) is 3.63. The molecule has 0 aliphatic heterocycles. The van der Waals surface area contributed by atoms with E-state index in [-0.39, 0.29) is 0 Å². The van der Waals surface area contributed by atoms with Crippen LogP contribution < -0.4 is 4.74 Å². The average Bonchev–Trinajstić information content (AvgIpc) is 2.90.